The molecule has 0 aromatic rings. The summed E-state index contributed by atoms with van der Waals surface area (Å²) < 4.78 is 0. The molecule has 0 radical (unpaired) electrons. The van der Waals surface area contributed by atoms with Crippen molar-refractivity contribution in [3.05, 3.63) is 24.3 Å². The van der Waals surface area contributed by atoms with E-state index in [2.05, 4.69) is 23.8 Å². The third-order valence-electron chi connectivity index (χ3n) is 2.19. The molecule has 0 rings (SSSR count). The Bertz CT molecular complexity index is 265. The molecule has 90 valence electrons. The number of amides is 2. The second-order valence-electron chi connectivity index (χ2n) is 3.43. The van der Waals surface area contributed by atoms with Crippen molar-refractivity contribution in [3.8, 4) is 0 Å². The van der Waals surface area contributed by atoms with E-state index in [1.165, 1.54) is 0 Å². The van der Waals surface area contributed by atoms with E-state index in [1.807, 2.05) is 13.8 Å². The SMILES string of the molecule is C=C(CC)C(=O)NCCNC(=O)C(=C)CC. The highest BCUT2D eigenvalue weighted by atomic mass is 16.2. The molecule has 0 heterocycles. The van der Waals surface area contributed by atoms with Gasteiger partial charge in [0, 0.05) is 24.2 Å². The average molecular weight is 224 g/mol. The van der Waals surface area contributed by atoms with E-state index in [-0.39, 0.29) is 11.8 Å². The monoisotopic (exact) mass is 224 g/mol. The van der Waals surface area contributed by atoms with Crippen LogP contribution in [0.2, 0.25) is 0 Å². The van der Waals surface area contributed by atoms with Crippen LogP contribution in [0.15, 0.2) is 24.3 Å². The zero-order chi connectivity index (χ0) is 12.6. The molecule has 0 bridgehead atoms. The van der Waals surface area contributed by atoms with Gasteiger partial charge in [-0.3, -0.25) is 9.59 Å². The lowest BCUT2D eigenvalue weighted by molar-refractivity contribution is -0.119. The highest BCUT2D eigenvalue weighted by Crippen LogP contribution is 1.95. The fraction of sp³-hybridized carbons (Fsp3) is 0.500. The molecule has 2 amide bonds. The Balaban J connectivity index is 3.69. The van der Waals surface area contributed by atoms with Gasteiger partial charge in [0.15, 0.2) is 0 Å². The quantitative estimate of drug-likeness (QED) is 0.503. The van der Waals surface area contributed by atoms with Gasteiger partial charge in [-0.15, -0.1) is 0 Å². The molecule has 0 aliphatic rings. The predicted molar refractivity (Wildman–Crippen MR) is 64.9 cm³/mol. The molecule has 0 saturated heterocycles. The lowest BCUT2D eigenvalue weighted by atomic mass is 10.2. The molecule has 16 heavy (non-hydrogen) atoms. The Morgan fingerprint density at radius 2 is 1.19 bits per heavy atom. The molecule has 0 spiro atoms. The first-order valence-corrected chi connectivity index (χ1v) is 5.44. The largest absolute Gasteiger partial charge is 0.351 e. The van der Waals surface area contributed by atoms with E-state index in [9.17, 15) is 9.59 Å². The Labute approximate surface area is 96.8 Å². The maximum absolute atomic E-state index is 11.3. The lowest BCUT2D eigenvalue weighted by Gasteiger charge is -2.08. The minimum absolute atomic E-state index is 0.161. The second kappa shape index (κ2) is 7.68. The summed E-state index contributed by atoms with van der Waals surface area (Å²) in [7, 11) is 0. The molecule has 2 N–H and O–H groups in total. The topological polar surface area (TPSA) is 58.2 Å². The van der Waals surface area contributed by atoms with Crippen molar-refractivity contribution in [2.45, 2.75) is 26.7 Å². The number of carbonyl (C=O) groups excluding carboxylic acids is 2. The molecule has 0 fully saturated rings. The van der Waals surface area contributed by atoms with Gasteiger partial charge in [0.2, 0.25) is 11.8 Å². The zero-order valence-corrected chi connectivity index (χ0v) is 10.1. The molecule has 4 nitrogen and oxygen atoms in total. The van der Waals surface area contributed by atoms with E-state index < -0.39 is 0 Å². The van der Waals surface area contributed by atoms with Crippen LogP contribution in [0.5, 0.6) is 0 Å². The van der Waals surface area contributed by atoms with E-state index >= 15 is 0 Å². The van der Waals surface area contributed by atoms with E-state index in [4.69, 9.17) is 0 Å². The van der Waals surface area contributed by atoms with Gasteiger partial charge in [0.1, 0.15) is 0 Å². The van der Waals surface area contributed by atoms with Crippen LogP contribution in [-0.4, -0.2) is 24.9 Å². The van der Waals surface area contributed by atoms with Gasteiger partial charge < -0.3 is 10.6 Å². The van der Waals surface area contributed by atoms with Gasteiger partial charge in [-0.25, -0.2) is 0 Å². The molecule has 0 aromatic carbocycles. The molecule has 0 saturated carbocycles. The summed E-state index contributed by atoms with van der Waals surface area (Å²) in [5.74, 6) is -0.322. The smallest absolute Gasteiger partial charge is 0.246 e. The number of rotatable bonds is 7. The summed E-state index contributed by atoms with van der Waals surface area (Å²) in [6.45, 7) is 11.8. The van der Waals surface area contributed by atoms with Crippen molar-refractivity contribution in [1.82, 2.24) is 10.6 Å². The molecule has 0 aliphatic carbocycles. The van der Waals surface area contributed by atoms with Gasteiger partial charge in [-0.05, 0) is 12.8 Å². The number of carbonyl (C=O) groups is 2. The standard InChI is InChI=1S/C12H20N2O2/c1-5-9(3)11(15)13-7-8-14-12(16)10(4)6-2/h3-8H2,1-2H3,(H,13,15)(H,14,16). The Hall–Kier alpha value is -1.58. The van der Waals surface area contributed by atoms with Crippen molar-refractivity contribution >= 4 is 11.8 Å². The van der Waals surface area contributed by atoms with Crippen LogP contribution in [0.25, 0.3) is 0 Å². The summed E-state index contributed by atoms with van der Waals surface area (Å²) in [6.07, 6.45) is 1.26. The Morgan fingerprint density at radius 1 is 0.875 bits per heavy atom. The van der Waals surface area contributed by atoms with Crippen LogP contribution in [0.3, 0.4) is 0 Å². The summed E-state index contributed by atoms with van der Waals surface area (Å²) in [5, 5.41) is 5.33. The van der Waals surface area contributed by atoms with Crippen molar-refractivity contribution in [3.63, 3.8) is 0 Å². The van der Waals surface area contributed by atoms with Crippen molar-refractivity contribution in [2.24, 2.45) is 0 Å². The molecule has 0 atom stereocenters. The fourth-order valence-electron chi connectivity index (χ4n) is 0.923. The fourth-order valence-corrected chi connectivity index (χ4v) is 0.923. The van der Waals surface area contributed by atoms with Gasteiger partial charge >= 0.3 is 0 Å². The molecular formula is C12H20N2O2. The first-order valence-electron chi connectivity index (χ1n) is 5.44. The third-order valence-corrected chi connectivity index (χ3v) is 2.19. The van der Waals surface area contributed by atoms with Gasteiger partial charge in [0.25, 0.3) is 0 Å². The van der Waals surface area contributed by atoms with Crippen molar-refractivity contribution < 1.29 is 9.59 Å². The number of nitrogens with one attached hydrogen (secondary N) is 2. The minimum Gasteiger partial charge on any atom is -0.351 e. The van der Waals surface area contributed by atoms with Gasteiger partial charge in [-0.2, -0.15) is 0 Å². The van der Waals surface area contributed by atoms with Crippen molar-refractivity contribution in [2.75, 3.05) is 13.1 Å². The van der Waals surface area contributed by atoms with Crippen molar-refractivity contribution in [1.29, 1.82) is 0 Å². The average Bonchev–Trinajstić information content (AvgIpc) is 2.31. The van der Waals surface area contributed by atoms with Gasteiger partial charge in [0.05, 0.1) is 0 Å². The summed E-state index contributed by atoms with van der Waals surface area (Å²) >= 11 is 0. The van der Waals surface area contributed by atoms with Crippen LogP contribution < -0.4 is 10.6 Å². The van der Waals surface area contributed by atoms with Crippen LogP contribution in [0.4, 0.5) is 0 Å². The van der Waals surface area contributed by atoms with Crippen LogP contribution in [-0.2, 0) is 9.59 Å². The second-order valence-corrected chi connectivity index (χ2v) is 3.43. The highest BCUT2D eigenvalue weighted by molar-refractivity contribution is 5.93. The molecule has 0 aliphatic heterocycles. The van der Waals surface area contributed by atoms with E-state index in [1.54, 1.807) is 0 Å². The van der Waals surface area contributed by atoms with Gasteiger partial charge in [-0.1, -0.05) is 27.0 Å². The molecular weight excluding hydrogens is 204 g/mol. The van der Waals surface area contributed by atoms with Crippen LogP contribution in [0, 0.1) is 0 Å². The predicted octanol–water partition coefficient (Wildman–Crippen LogP) is 1.15. The molecule has 0 unspecified atom stereocenters. The van der Waals surface area contributed by atoms with E-state index in [0.29, 0.717) is 37.1 Å². The first-order chi connectivity index (χ1) is 7.52. The third kappa shape index (κ3) is 5.34. The van der Waals surface area contributed by atoms with E-state index in [0.717, 1.165) is 0 Å². The maximum atomic E-state index is 11.3. The first kappa shape index (κ1) is 14.4. The molecule has 4 heteroatoms. The minimum atomic E-state index is -0.161. The van der Waals surface area contributed by atoms with Crippen LogP contribution >= 0.6 is 0 Å². The number of hydrogen-bond donors (Lipinski definition) is 2. The Kier molecular flexibility index (Phi) is 6.92. The highest BCUT2D eigenvalue weighted by Gasteiger charge is 2.05. The lowest BCUT2D eigenvalue weighted by Crippen LogP contribution is -2.35. The summed E-state index contributed by atoms with van der Waals surface area (Å²) in [5.41, 5.74) is 1.09. The normalized spacial score (nSPS) is 9.38. The molecule has 0 aromatic heterocycles. The zero-order valence-electron chi connectivity index (χ0n) is 10.1. The Morgan fingerprint density at radius 3 is 1.44 bits per heavy atom. The number of hydrogen-bond acceptors (Lipinski definition) is 2. The summed E-state index contributed by atoms with van der Waals surface area (Å²) in [4.78, 5) is 22.5. The summed E-state index contributed by atoms with van der Waals surface area (Å²) in [6, 6.07) is 0. The maximum Gasteiger partial charge on any atom is 0.246 e. The van der Waals surface area contributed by atoms with Crippen LogP contribution in [0.1, 0.15) is 26.7 Å².